The van der Waals surface area contributed by atoms with Gasteiger partial charge in [0, 0.05) is 43.0 Å². The van der Waals surface area contributed by atoms with Crippen molar-refractivity contribution in [2.24, 2.45) is 0 Å². The van der Waals surface area contributed by atoms with Crippen LogP contribution in [0.4, 0.5) is 11.4 Å². The van der Waals surface area contributed by atoms with Crippen LogP contribution in [0.15, 0.2) is 48.5 Å². The summed E-state index contributed by atoms with van der Waals surface area (Å²) in [5, 5.41) is 3.02. The highest BCUT2D eigenvalue weighted by atomic mass is 16.2. The molecule has 5 rings (SSSR count). The number of nitrogens with zero attached hydrogens (tertiary/aromatic N) is 2. The highest BCUT2D eigenvalue weighted by Gasteiger charge is 2.33. The monoisotopic (exact) mass is 431 g/mol. The predicted octanol–water partition coefficient (Wildman–Crippen LogP) is 5.19. The average Bonchev–Trinajstić information content (AvgIpc) is 3.49. The summed E-state index contributed by atoms with van der Waals surface area (Å²) in [6.45, 7) is 2.77. The lowest BCUT2D eigenvalue weighted by atomic mass is 9.84. The Hall–Kier alpha value is -2.82. The number of benzene rings is 2. The van der Waals surface area contributed by atoms with Crippen LogP contribution < -0.4 is 10.2 Å². The largest absolute Gasteiger partial charge is 0.369 e. The molecular formula is C27H33N3O2. The fourth-order valence-electron chi connectivity index (χ4n) is 5.59. The highest BCUT2D eigenvalue weighted by molar-refractivity contribution is 6.04. The Labute approximate surface area is 190 Å². The molecule has 0 radical (unpaired) electrons. The fourth-order valence-corrected chi connectivity index (χ4v) is 5.59. The lowest BCUT2D eigenvalue weighted by Crippen LogP contribution is -2.38. The quantitative estimate of drug-likeness (QED) is 0.709. The topological polar surface area (TPSA) is 52.7 Å². The maximum atomic E-state index is 12.7. The number of carbonyl (C=O) groups is 2. The summed E-state index contributed by atoms with van der Waals surface area (Å²) in [5.74, 6) is 0.894. The van der Waals surface area contributed by atoms with Gasteiger partial charge in [0.15, 0.2) is 0 Å². The SMILES string of the molecule is O=C(Nc1ccc(N2CCC(N3CCCC3=O)C2)cc1)c1ccc(C2CCCCC2)cc1. The molecule has 5 nitrogen and oxygen atoms in total. The molecule has 2 aromatic rings. The number of nitrogens with one attached hydrogen (secondary N) is 1. The molecule has 2 aromatic carbocycles. The Morgan fingerprint density at radius 1 is 0.844 bits per heavy atom. The number of anilines is 2. The van der Waals surface area contributed by atoms with E-state index in [-0.39, 0.29) is 5.91 Å². The van der Waals surface area contributed by atoms with E-state index in [1.807, 2.05) is 24.3 Å². The molecule has 2 aliphatic heterocycles. The number of amides is 2. The number of hydrogen-bond donors (Lipinski definition) is 1. The predicted molar refractivity (Wildman–Crippen MR) is 128 cm³/mol. The van der Waals surface area contributed by atoms with Gasteiger partial charge in [-0.3, -0.25) is 9.59 Å². The van der Waals surface area contributed by atoms with E-state index >= 15 is 0 Å². The molecule has 0 bridgehead atoms. The minimum absolute atomic E-state index is 0.0678. The summed E-state index contributed by atoms with van der Waals surface area (Å²) in [6, 6.07) is 16.6. The van der Waals surface area contributed by atoms with Crippen molar-refractivity contribution in [3.8, 4) is 0 Å². The molecule has 1 N–H and O–H groups in total. The van der Waals surface area contributed by atoms with Crippen LogP contribution in [0.1, 0.15) is 73.2 Å². The standard InChI is InChI=1S/C27H33N3O2/c31-26-7-4-17-30(26)25-16-18-29(19-25)24-14-12-23(13-15-24)28-27(32)22-10-8-21(9-11-22)20-5-2-1-3-6-20/h8-15,20,25H,1-7,16-19H2,(H,28,32). The van der Waals surface area contributed by atoms with Gasteiger partial charge >= 0.3 is 0 Å². The molecule has 168 valence electrons. The van der Waals surface area contributed by atoms with Crippen LogP contribution in [0.25, 0.3) is 0 Å². The minimum atomic E-state index is -0.0678. The lowest BCUT2D eigenvalue weighted by molar-refractivity contribution is -0.129. The Balaban J connectivity index is 1.17. The summed E-state index contributed by atoms with van der Waals surface area (Å²) < 4.78 is 0. The van der Waals surface area contributed by atoms with E-state index in [9.17, 15) is 9.59 Å². The van der Waals surface area contributed by atoms with Crippen molar-refractivity contribution in [2.75, 3.05) is 29.9 Å². The van der Waals surface area contributed by atoms with Crippen LogP contribution in [0.5, 0.6) is 0 Å². The van der Waals surface area contributed by atoms with Gasteiger partial charge in [-0.25, -0.2) is 0 Å². The molecule has 1 atom stereocenters. The molecule has 1 aliphatic carbocycles. The Kier molecular flexibility index (Phi) is 6.15. The molecule has 0 spiro atoms. The van der Waals surface area contributed by atoms with Gasteiger partial charge in [-0.15, -0.1) is 0 Å². The Morgan fingerprint density at radius 2 is 1.59 bits per heavy atom. The number of likely N-dealkylation sites (tertiary alicyclic amines) is 1. The lowest BCUT2D eigenvalue weighted by Gasteiger charge is -2.25. The third-order valence-electron chi connectivity index (χ3n) is 7.45. The number of carbonyl (C=O) groups excluding carboxylic acids is 2. The normalized spacial score (nSPS) is 21.9. The molecule has 3 aliphatic rings. The van der Waals surface area contributed by atoms with Crippen LogP contribution in [-0.4, -0.2) is 42.4 Å². The van der Waals surface area contributed by atoms with Crippen molar-refractivity contribution >= 4 is 23.2 Å². The van der Waals surface area contributed by atoms with Crippen molar-refractivity contribution in [3.63, 3.8) is 0 Å². The number of hydrogen-bond acceptors (Lipinski definition) is 3. The van der Waals surface area contributed by atoms with Gasteiger partial charge < -0.3 is 15.1 Å². The first-order valence-corrected chi connectivity index (χ1v) is 12.2. The van der Waals surface area contributed by atoms with Gasteiger partial charge in [-0.2, -0.15) is 0 Å². The van der Waals surface area contributed by atoms with E-state index in [0.29, 0.717) is 29.9 Å². The van der Waals surface area contributed by atoms with E-state index in [1.54, 1.807) is 0 Å². The van der Waals surface area contributed by atoms with E-state index in [0.717, 1.165) is 43.9 Å². The molecule has 0 aromatic heterocycles. The molecular weight excluding hydrogens is 398 g/mol. The molecule has 3 fully saturated rings. The third-order valence-corrected chi connectivity index (χ3v) is 7.45. The van der Waals surface area contributed by atoms with Crippen LogP contribution in [-0.2, 0) is 4.79 Å². The first-order chi connectivity index (χ1) is 15.7. The number of rotatable bonds is 5. The fraction of sp³-hybridized carbons (Fsp3) is 0.481. The van der Waals surface area contributed by atoms with Crippen LogP contribution >= 0.6 is 0 Å². The molecule has 2 saturated heterocycles. The molecule has 32 heavy (non-hydrogen) atoms. The Bertz CT molecular complexity index is 948. The average molecular weight is 432 g/mol. The molecule has 2 heterocycles. The maximum absolute atomic E-state index is 12.7. The Morgan fingerprint density at radius 3 is 2.28 bits per heavy atom. The van der Waals surface area contributed by atoms with Gasteiger partial charge in [-0.05, 0) is 73.6 Å². The van der Waals surface area contributed by atoms with Crippen molar-refractivity contribution in [2.45, 2.75) is 63.3 Å². The maximum Gasteiger partial charge on any atom is 0.255 e. The van der Waals surface area contributed by atoms with Crippen molar-refractivity contribution in [3.05, 3.63) is 59.7 Å². The van der Waals surface area contributed by atoms with Gasteiger partial charge in [-0.1, -0.05) is 31.4 Å². The van der Waals surface area contributed by atoms with Crippen molar-refractivity contribution < 1.29 is 9.59 Å². The van der Waals surface area contributed by atoms with Gasteiger partial charge in [0.1, 0.15) is 0 Å². The van der Waals surface area contributed by atoms with E-state index in [1.165, 1.54) is 37.7 Å². The zero-order valence-electron chi connectivity index (χ0n) is 18.8. The third kappa shape index (κ3) is 4.52. The van der Waals surface area contributed by atoms with Crippen molar-refractivity contribution in [1.29, 1.82) is 0 Å². The first-order valence-electron chi connectivity index (χ1n) is 12.2. The summed E-state index contributed by atoms with van der Waals surface area (Å²) in [7, 11) is 0. The van der Waals surface area contributed by atoms with Gasteiger partial charge in [0.2, 0.25) is 5.91 Å². The first kappa shape index (κ1) is 21.0. The zero-order valence-corrected chi connectivity index (χ0v) is 18.8. The van der Waals surface area contributed by atoms with Crippen LogP contribution in [0.3, 0.4) is 0 Å². The minimum Gasteiger partial charge on any atom is -0.369 e. The second-order valence-electron chi connectivity index (χ2n) is 9.54. The van der Waals surface area contributed by atoms with Gasteiger partial charge in [0.25, 0.3) is 5.91 Å². The second kappa shape index (κ2) is 9.35. The van der Waals surface area contributed by atoms with Crippen LogP contribution in [0.2, 0.25) is 0 Å². The van der Waals surface area contributed by atoms with E-state index in [4.69, 9.17) is 0 Å². The summed E-state index contributed by atoms with van der Waals surface area (Å²) >= 11 is 0. The molecule has 5 heteroatoms. The zero-order chi connectivity index (χ0) is 21.9. The van der Waals surface area contributed by atoms with Gasteiger partial charge in [0.05, 0.1) is 6.04 Å². The van der Waals surface area contributed by atoms with Crippen molar-refractivity contribution in [1.82, 2.24) is 4.90 Å². The second-order valence-corrected chi connectivity index (χ2v) is 9.54. The summed E-state index contributed by atoms with van der Waals surface area (Å²) in [6.07, 6.45) is 9.25. The summed E-state index contributed by atoms with van der Waals surface area (Å²) in [4.78, 5) is 29.1. The smallest absolute Gasteiger partial charge is 0.255 e. The molecule has 1 unspecified atom stereocenters. The highest BCUT2D eigenvalue weighted by Crippen LogP contribution is 2.32. The molecule has 2 amide bonds. The summed E-state index contributed by atoms with van der Waals surface area (Å²) in [5.41, 5.74) is 4.02. The van der Waals surface area contributed by atoms with E-state index in [2.05, 4.69) is 39.4 Å². The molecule has 1 saturated carbocycles. The van der Waals surface area contributed by atoms with Crippen LogP contribution in [0, 0.1) is 0 Å². The van der Waals surface area contributed by atoms with E-state index < -0.39 is 0 Å².